The van der Waals surface area contributed by atoms with Gasteiger partial charge in [-0.25, -0.2) is 0 Å². The Labute approximate surface area is 149 Å². The molecule has 2 amide bonds. The summed E-state index contributed by atoms with van der Waals surface area (Å²) in [6.07, 6.45) is 6.22. The number of carbonyl (C=O) groups is 3. The number of nitrogens with zero attached hydrogens (tertiary/aromatic N) is 2. The monoisotopic (exact) mass is 350 g/mol. The molecule has 3 rings (SSSR count). The normalized spacial score (nSPS) is 29.4. The van der Waals surface area contributed by atoms with E-state index in [1.165, 1.54) is 12.8 Å². The fourth-order valence-corrected chi connectivity index (χ4v) is 4.73. The molecule has 0 unspecified atom stereocenters. The average molecular weight is 350 g/mol. The number of hydrogen-bond acceptors (Lipinski definition) is 3. The Hall–Kier alpha value is -1.59. The van der Waals surface area contributed by atoms with Crippen LogP contribution in [0.2, 0.25) is 0 Å². The average Bonchev–Trinajstić information content (AvgIpc) is 2.94. The minimum absolute atomic E-state index is 0.0532. The Balaban J connectivity index is 1.54. The van der Waals surface area contributed by atoms with E-state index in [-0.39, 0.29) is 11.8 Å². The van der Waals surface area contributed by atoms with E-state index in [1.807, 2.05) is 18.7 Å². The van der Waals surface area contributed by atoms with Crippen molar-refractivity contribution in [3.8, 4) is 0 Å². The van der Waals surface area contributed by atoms with E-state index < -0.39 is 23.2 Å². The topological polar surface area (TPSA) is 77.9 Å². The molecule has 2 saturated carbocycles. The number of hydrogen-bond donors (Lipinski definition) is 1. The van der Waals surface area contributed by atoms with Crippen LogP contribution in [-0.2, 0) is 14.4 Å². The Morgan fingerprint density at radius 2 is 1.52 bits per heavy atom. The molecule has 6 nitrogen and oxygen atoms in total. The third kappa shape index (κ3) is 3.67. The fraction of sp³-hybridized carbons (Fsp3) is 0.842. The maximum Gasteiger partial charge on any atom is 0.307 e. The van der Waals surface area contributed by atoms with Gasteiger partial charge in [-0.3, -0.25) is 14.4 Å². The molecule has 0 aromatic heterocycles. The van der Waals surface area contributed by atoms with Gasteiger partial charge in [0, 0.05) is 32.6 Å². The molecule has 0 radical (unpaired) electrons. The second kappa shape index (κ2) is 6.96. The second-order valence-corrected chi connectivity index (χ2v) is 8.53. The number of carbonyl (C=O) groups excluding carboxylic acids is 2. The first kappa shape index (κ1) is 18.2. The third-order valence-corrected chi connectivity index (χ3v) is 6.46. The van der Waals surface area contributed by atoms with Crippen molar-refractivity contribution < 1.29 is 19.5 Å². The standard InChI is InChI=1S/C19H30N2O4/c1-19(2)15(16(19)18(24)25)17(23)21-9-5-8-20(10-11-21)14(22)12-13-6-3-4-7-13/h13,15-16H,3-12H2,1-2H3,(H,24,25)/t15-,16+/m1/s1. The first-order valence-electron chi connectivity index (χ1n) is 9.61. The third-order valence-electron chi connectivity index (χ3n) is 6.46. The molecule has 2 aliphatic carbocycles. The summed E-state index contributed by atoms with van der Waals surface area (Å²) in [5.74, 6) is -1.18. The Morgan fingerprint density at radius 3 is 2.12 bits per heavy atom. The van der Waals surface area contributed by atoms with E-state index in [0.717, 1.165) is 19.3 Å². The molecule has 6 heteroatoms. The Bertz CT molecular complexity index is 554. The zero-order chi connectivity index (χ0) is 18.2. The highest BCUT2D eigenvalue weighted by atomic mass is 16.4. The van der Waals surface area contributed by atoms with E-state index in [4.69, 9.17) is 0 Å². The lowest BCUT2D eigenvalue weighted by molar-refractivity contribution is -0.142. The van der Waals surface area contributed by atoms with Crippen LogP contribution in [0.3, 0.4) is 0 Å². The van der Waals surface area contributed by atoms with E-state index >= 15 is 0 Å². The van der Waals surface area contributed by atoms with E-state index in [2.05, 4.69) is 0 Å². The van der Waals surface area contributed by atoms with Gasteiger partial charge in [-0.05, 0) is 30.6 Å². The van der Waals surface area contributed by atoms with Crippen molar-refractivity contribution in [1.29, 1.82) is 0 Å². The summed E-state index contributed by atoms with van der Waals surface area (Å²) in [4.78, 5) is 40.3. The highest BCUT2D eigenvalue weighted by molar-refractivity contribution is 5.91. The van der Waals surface area contributed by atoms with E-state index in [0.29, 0.717) is 38.5 Å². The van der Waals surface area contributed by atoms with Crippen molar-refractivity contribution in [2.75, 3.05) is 26.2 Å². The predicted molar refractivity (Wildman–Crippen MR) is 92.7 cm³/mol. The minimum atomic E-state index is -0.883. The van der Waals surface area contributed by atoms with Gasteiger partial charge in [0.15, 0.2) is 0 Å². The van der Waals surface area contributed by atoms with Gasteiger partial charge in [0.25, 0.3) is 0 Å². The number of aliphatic carboxylic acids is 1. The molecule has 1 N–H and O–H groups in total. The first-order valence-corrected chi connectivity index (χ1v) is 9.61. The van der Waals surface area contributed by atoms with Crippen molar-refractivity contribution in [2.24, 2.45) is 23.2 Å². The largest absolute Gasteiger partial charge is 0.481 e. The van der Waals surface area contributed by atoms with Crippen LogP contribution in [0.5, 0.6) is 0 Å². The maximum absolute atomic E-state index is 12.8. The Kier molecular flexibility index (Phi) is 5.07. The van der Waals surface area contributed by atoms with E-state index in [1.54, 1.807) is 4.90 Å². The molecule has 0 aromatic carbocycles. The first-order chi connectivity index (χ1) is 11.8. The summed E-state index contributed by atoms with van der Waals surface area (Å²) in [6.45, 7) is 6.11. The molecule has 1 aliphatic heterocycles. The zero-order valence-corrected chi connectivity index (χ0v) is 15.4. The fourth-order valence-electron chi connectivity index (χ4n) is 4.73. The molecule has 0 spiro atoms. The zero-order valence-electron chi connectivity index (χ0n) is 15.4. The van der Waals surface area contributed by atoms with Crippen molar-refractivity contribution in [1.82, 2.24) is 9.80 Å². The van der Waals surface area contributed by atoms with Crippen molar-refractivity contribution in [2.45, 2.75) is 52.4 Å². The van der Waals surface area contributed by atoms with Crippen LogP contribution in [0, 0.1) is 23.2 Å². The molecule has 140 valence electrons. The van der Waals surface area contributed by atoms with Crippen LogP contribution in [0.1, 0.15) is 52.4 Å². The van der Waals surface area contributed by atoms with E-state index in [9.17, 15) is 19.5 Å². The second-order valence-electron chi connectivity index (χ2n) is 8.53. The lowest BCUT2D eigenvalue weighted by Gasteiger charge is -2.23. The highest BCUT2D eigenvalue weighted by Crippen LogP contribution is 2.59. The summed E-state index contributed by atoms with van der Waals surface area (Å²) >= 11 is 0. The number of carboxylic acid groups (broad SMARTS) is 1. The molecule has 2 atom stereocenters. The summed E-state index contributed by atoms with van der Waals surface area (Å²) in [7, 11) is 0. The SMILES string of the molecule is CC1(C)[C@H](C(=O)O)[C@@H]1C(=O)N1CCCN(C(=O)CC2CCCC2)CC1. The van der Waals surface area contributed by atoms with Gasteiger partial charge in [0.1, 0.15) is 0 Å². The smallest absolute Gasteiger partial charge is 0.307 e. The molecular weight excluding hydrogens is 320 g/mol. The van der Waals surface area contributed by atoms with Crippen LogP contribution in [0.4, 0.5) is 0 Å². The summed E-state index contributed by atoms with van der Waals surface area (Å²) < 4.78 is 0. The quantitative estimate of drug-likeness (QED) is 0.841. The maximum atomic E-state index is 12.8. The molecule has 1 saturated heterocycles. The molecule has 3 aliphatic rings. The molecule has 0 aromatic rings. The lowest BCUT2D eigenvalue weighted by atomic mass is 10.0. The van der Waals surface area contributed by atoms with Gasteiger partial charge < -0.3 is 14.9 Å². The lowest BCUT2D eigenvalue weighted by Crippen LogP contribution is -2.39. The summed E-state index contributed by atoms with van der Waals surface area (Å²) in [6, 6.07) is 0. The van der Waals surface area contributed by atoms with Gasteiger partial charge in [0.2, 0.25) is 11.8 Å². The number of carboxylic acids is 1. The number of amides is 2. The van der Waals surface area contributed by atoms with Crippen LogP contribution in [0.25, 0.3) is 0 Å². The molecule has 3 fully saturated rings. The van der Waals surface area contributed by atoms with Gasteiger partial charge in [0.05, 0.1) is 11.8 Å². The molecule has 1 heterocycles. The molecule has 25 heavy (non-hydrogen) atoms. The van der Waals surface area contributed by atoms with Crippen LogP contribution >= 0.6 is 0 Å². The van der Waals surface area contributed by atoms with Crippen molar-refractivity contribution in [3.05, 3.63) is 0 Å². The summed E-state index contributed by atoms with van der Waals surface area (Å²) in [5.41, 5.74) is -0.465. The van der Waals surface area contributed by atoms with Crippen molar-refractivity contribution in [3.63, 3.8) is 0 Å². The van der Waals surface area contributed by atoms with Crippen LogP contribution < -0.4 is 0 Å². The van der Waals surface area contributed by atoms with Gasteiger partial charge >= 0.3 is 5.97 Å². The highest BCUT2D eigenvalue weighted by Gasteiger charge is 2.66. The molecular formula is C19H30N2O4. The van der Waals surface area contributed by atoms with Crippen LogP contribution in [0.15, 0.2) is 0 Å². The summed E-state index contributed by atoms with van der Waals surface area (Å²) in [5, 5.41) is 9.29. The predicted octanol–water partition coefficient (Wildman–Crippen LogP) is 1.98. The Morgan fingerprint density at radius 1 is 0.920 bits per heavy atom. The number of rotatable bonds is 4. The van der Waals surface area contributed by atoms with Gasteiger partial charge in [-0.1, -0.05) is 26.7 Å². The van der Waals surface area contributed by atoms with Gasteiger partial charge in [-0.15, -0.1) is 0 Å². The van der Waals surface area contributed by atoms with Crippen LogP contribution in [-0.4, -0.2) is 58.9 Å². The molecule has 0 bridgehead atoms. The van der Waals surface area contributed by atoms with Gasteiger partial charge in [-0.2, -0.15) is 0 Å². The minimum Gasteiger partial charge on any atom is -0.481 e. The van der Waals surface area contributed by atoms with Crippen molar-refractivity contribution >= 4 is 17.8 Å².